The summed E-state index contributed by atoms with van der Waals surface area (Å²) in [6.45, 7) is 1.67. The molecule has 3 aliphatic carbocycles. The molecule has 3 rings (SSSR count). The van der Waals surface area contributed by atoms with Crippen LogP contribution in [-0.4, -0.2) is 22.9 Å². The second-order valence-corrected chi connectivity index (χ2v) is 11.8. The van der Waals surface area contributed by atoms with Gasteiger partial charge >= 0.3 is 124 Å². The molecule has 3 saturated carbocycles. The second-order valence-electron chi connectivity index (χ2n) is 7.39. The van der Waals surface area contributed by atoms with E-state index in [0.717, 1.165) is 17.0 Å². The molecule has 0 aromatic rings. The van der Waals surface area contributed by atoms with Crippen molar-refractivity contribution in [3.05, 3.63) is 0 Å². The number of carbonyl (C=O) groups excluding carboxylic acids is 1. The van der Waals surface area contributed by atoms with Crippen molar-refractivity contribution in [1.29, 1.82) is 0 Å². The van der Waals surface area contributed by atoms with Gasteiger partial charge in [0.2, 0.25) is 0 Å². The van der Waals surface area contributed by atoms with Crippen molar-refractivity contribution in [2.45, 2.75) is 101 Å². The summed E-state index contributed by atoms with van der Waals surface area (Å²) in [5.74, 6) is 0.0300. The van der Waals surface area contributed by atoms with Gasteiger partial charge in [-0.05, 0) is 0 Å². The molecule has 0 unspecified atom stereocenters. The van der Waals surface area contributed by atoms with Gasteiger partial charge in [-0.3, -0.25) is 0 Å². The maximum absolute atomic E-state index is 11.9. The van der Waals surface area contributed by atoms with Crippen LogP contribution in [0.25, 0.3) is 0 Å². The minimum absolute atomic E-state index is 0. The Morgan fingerprint density at radius 1 is 0.762 bits per heavy atom. The van der Waals surface area contributed by atoms with Crippen molar-refractivity contribution in [1.82, 2.24) is 0 Å². The summed E-state index contributed by atoms with van der Waals surface area (Å²) in [7, 11) is -1.91. The molecule has 0 atom stereocenters. The predicted octanol–water partition coefficient (Wildman–Crippen LogP) is 5.04. The minimum atomic E-state index is -1.91. The smallest absolute Gasteiger partial charge is 0 e. The third-order valence-corrected chi connectivity index (χ3v) is 12.5. The SMILES string of the molecule is CC(=O)O[PH](C1CCCC1)(C1CCCC1)C1CCCC1.[Pd]. The van der Waals surface area contributed by atoms with Crippen LogP contribution >= 0.6 is 7.49 Å². The molecule has 3 aliphatic rings. The quantitative estimate of drug-likeness (QED) is 0.484. The van der Waals surface area contributed by atoms with Crippen molar-refractivity contribution < 1.29 is 29.7 Å². The number of hydrogen-bond donors (Lipinski definition) is 0. The van der Waals surface area contributed by atoms with Crippen LogP contribution in [0.4, 0.5) is 0 Å². The van der Waals surface area contributed by atoms with Crippen LogP contribution in [-0.2, 0) is 29.7 Å². The normalized spacial score (nSPS) is 26.0. The molecule has 0 N–H and O–H groups in total. The van der Waals surface area contributed by atoms with E-state index in [1.165, 1.54) is 77.0 Å². The van der Waals surface area contributed by atoms with E-state index in [-0.39, 0.29) is 26.4 Å². The van der Waals surface area contributed by atoms with Gasteiger partial charge in [0, 0.05) is 20.4 Å². The van der Waals surface area contributed by atoms with E-state index in [1.54, 1.807) is 6.92 Å². The van der Waals surface area contributed by atoms with Gasteiger partial charge in [0.05, 0.1) is 0 Å². The van der Waals surface area contributed by atoms with E-state index in [4.69, 9.17) is 4.52 Å². The molecule has 0 aromatic heterocycles. The maximum Gasteiger partial charge on any atom is 0 e. The average Bonchev–Trinajstić information content (AvgIpc) is 3.15. The van der Waals surface area contributed by atoms with E-state index >= 15 is 0 Å². The van der Waals surface area contributed by atoms with Crippen LogP contribution < -0.4 is 0 Å². The molecule has 126 valence electrons. The fourth-order valence-electron chi connectivity index (χ4n) is 5.63. The number of carbonyl (C=O) groups is 1. The largest absolute Gasteiger partial charge is 0 e. The number of hydrogen-bond acceptors (Lipinski definition) is 2. The fourth-order valence-corrected chi connectivity index (χ4v) is 12.6. The molecule has 4 heteroatoms. The third kappa shape index (κ3) is 3.57. The summed E-state index contributed by atoms with van der Waals surface area (Å²) in [4.78, 5) is 11.9. The van der Waals surface area contributed by atoms with Gasteiger partial charge in [-0.25, -0.2) is 0 Å². The fraction of sp³-hybridized carbons (Fsp3) is 0.941. The summed E-state index contributed by atoms with van der Waals surface area (Å²) in [5, 5.41) is 0. The maximum atomic E-state index is 11.9. The standard InChI is InChI=1S/C17H31O2P.Pd/c1-14(18)19-20(15-8-2-3-9-15,16-10-4-5-11-16)17-12-6-7-13-17;/h15-17,20H,2-13H2,1H3;. The molecule has 0 amide bonds. The van der Waals surface area contributed by atoms with Gasteiger partial charge in [-0.1, -0.05) is 0 Å². The van der Waals surface area contributed by atoms with Gasteiger partial charge in [0.1, 0.15) is 0 Å². The van der Waals surface area contributed by atoms with Crippen LogP contribution in [0.5, 0.6) is 0 Å². The zero-order chi connectivity index (χ0) is 14.0. The molecular weight excluding hydrogens is 374 g/mol. The minimum Gasteiger partial charge on any atom is 0 e. The average molecular weight is 405 g/mol. The summed E-state index contributed by atoms with van der Waals surface area (Å²) in [5.41, 5.74) is 2.37. The van der Waals surface area contributed by atoms with Crippen LogP contribution in [0.1, 0.15) is 84.0 Å². The molecule has 0 saturated heterocycles. The van der Waals surface area contributed by atoms with Crippen molar-refractivity contribution in [2.24, 2.45) is 0 Å². The molecule has 0 radical (unpaired) electrons. The zero-order valence-corrected chi connectivity index (χ0v) is 15.9. The molecule has 0 aliphatic heterocycles. The molecule has 2 nitrogen and oxygen atoms in total. The first kappa shape index (κ1) is 17.9. The zero-order valence-electron chi connectivity index (χ0n) is 13.4. The van der Waals surface area contributed by atoms with Crippen LogP contribution in [0.3, 0.4) is 0 Å². The van der Waals surface area contributed by atoms with Crippen molar-refractivity contribution in [2.75, 3.05) is 0 Å². The molecule has 0 heterocycles. The van der Waals surface area contributed by atoms with Crippen LogP contribution in [0, 0.1) is 0 Å². The first-order valence-electron chi connectivity index (χ1n) is 8.93. The van der Waals surface area contributed by atoms with Gasteiger partial charge in [-0.2, -0.15) is 0 Å². The van der Waals surface area contributed by atoms with Crippen LogP contribution in [0.15, 0.2) is 0 Å². The first-order chi connectivity index (χ1) is 9.73. The van der Waals surface area contributed by atoms with E-state index < -0.39 is 7.49 Å². The van der Waals surface area contributed by atoms with Crippen molar-refractivity contribution in [3.8, 4) is 0 Å². The Hall–Kier alpha value is 0.562. The Bertz CT molecular complexity index is 302. The van der Waals surface area contributed by atoms with Gasteiger partial charge < -0.3 is 0 Å². The Balaban J connectivity index is 0.00000161. The molecule has 21 heavy (non-hydrogen) atoms. The Kier molecular flexibility index (Phi) is 6.74. The topological polar surface area (TPSA) is 26.3 Å². The van der Waals surface area contributed by atoms with Gasteiger partial charge in [-0.15, -0.1) is 0 Å². The third-order valence-electron chi connectivity index (χ3n) is 6.30. The Morgan fingerprint density at radius 3 is 1.29 bits per heavy atom. The van der Waals surface area contributed by atoms with E-state index in [1.807, 2.05) is 0 Å². The summed E-state index contributed by atoms with van der Waals surface area (Å²) >= 11 is 0. The van der Waals surface area contributed by atoms with E-state index in [2.05, 4.69) is 0 Å². The molecule has 0 bridgehead atoms. The van der Waals surface area contributed by atoms with E-state index in [0.29, 0.717) is 0 Å². The first-order valence-corrected chi connectivity index (χ1v) is 11.1. The molecule has 3 fully saturated rings. The van der Waals surface area contributed by atoms with Gasteiger partial charge in [0.15, 0.2) is 0 Å². The van der Waals surface area contributed by atoms with Crippen LogP contribution in [0.2, 0.25) is 0 Å². The molecule has 0 spiro atoms. The number of rotatable bonds is 4. The van der Waals surface area contributed by atoms with Crippen molar-refractivity contribution in [3.63, 3.8) is 0 Å². The second kappa shape index (κ2) is 7.90. The Morgan fingerprint density at radius 2 is 1.05 bits per heavy atom. The monoisotopic (exact) mass is 404 g/mol. The summed E-state index contributed by atoms with van der Waals surface area (Å²) in [6.07, 6.45) is 16.4. The summed E-state index contributed by atoms with van der Waals surface area (Å²) in [6, 6.07) is 0. The molecule has 0 aromatic carbocycles. The molecular formula is C17H31O2PPd. The predicted molar refractivity (Wildman–Crippen MR) is 86.8 cm³/mol. The van der Waals surface area contributed by atoms with Gasteiger partial charge in [0.25, 0.3) is 0 Å². The Labute approximate surface area is 144 Å². The van der Waals surface area contributed by atoms with E-state index in [9.17, 15) is 4.79 Å². The van der Waals surface area contributed by atoms with Crippen molar-refractivity contribution >= 4 is 13.5 Å². The summed E-state index contributed by atoms with van der Waals surface area (Å²) < 4.78 is 6.39.